The number of sulfonamides is 1. The fourth-order valence-electron chi connectivity index (χ4n) is 5.68. The van der Waals surface area contributed by atoms with Crippen LogP contribution in [0.25, 0.3) is 11.1 Å². The van der Waals surface area contributed by atoms with Gasteiger partial charge in [0.2, 0.25) is 15.9 Å². The summed E-state index contributed by atoms with van der Waals surface area (Å²) in [4.78, 5) is 28.4. The maximum absolute atomic E-state index is 13.6. The molecule has 2 amide bonds. The number of benzene rings is 3. The summed E-state index contributed by atoms with van der Waals surface area (Å²) in [6, 6.07) is 18.9. The van der Waals surface area contributed by atoms with Crippen LogP contribution in [0.3, 0.4) is 0 Å². The average Bonchev–Trinajstić information content (AvgIpc) is 3.76. The Morgan fingerprint density at radius 1 is 0.857 bits per heavy atom. The number of nitrogens with zero attached hydrogens (tertiary/aromatic N) is 2. The van der Waals surface area contributed by atoms with E-state index in [1.54, 1.807) is 41.3 Å². The molecule has 10 heteroatoms. The van der Waals surface area contributed by atoms with Crippen molar-refractivity contribution in [3.05, 3.63) is 95.6 Å². The third kappa shape index (κ3) is 7.41. The van der Waals surface area contributed by atoms with E-state index in [0.29, 0.717) is 23.8 Å². The topological polar surface area (TPSA) is 86.8 Å². The molecule has 42 heavy (non-hydrogen) atoms. The molecule has 1 saturated heterocycles. The van der Waals surface area contributed by atoms with Crippen LogP contribution in [0.2, 0.25) is 0 Å². The fraction of sp³-hybridized carbons (Fsp3) is 0.375. The normalized spacial score (nSPS) is 19.7. The fourth-order valence-corrected chi connectivity index (χ4v) is 6.51. The van der Waals surface area contributed by atoms with Crippen molar-refractivity contribution in [2.75, 3.05) is 32.4 Å². The standard InChI is InChI=1S/C32H35F2N3O4S/c1-42(40,41)37-19-17-36(18-20-37)32(39)30(4-2-3-26-21-29(26)24-11-15-28(34)16-12-24)35-31(38)25-7-5-22(6-8-25)23-9-13-27(33)14-10-23/h5-16,26,29-30H,2-4,17-21H2,1H3,(H,35,38)/t26-,29+,30+/m1/s1. The van der Waals surface area contributed by atoms with Crippen LogP contribution < -0.4 is 5.32 Å². The lowest BCUT2D eigenvalue weighted by Gasteiger charge is -2.35. The second-order valence-corrected chi connectivity index (χ2v) is 13.2. The molecule has 3 atom stereocenters. The van der Waals surface area contributed by atoms with E-state index < -0.39 is 16.1 Å². The van der Waals surface area contributed by atoms with Crippen LogP contribution in [0.4, 0.5) is 8.78 Å². The van der Waals surface area contributed by atoms with Crippen LogP contribution in [0.1, 0.15) is 47.5 Å². The maximum atomic E-state index is 13.6. The van der Waals surface area contributed by atoms with Gasteiger partial charge in [-0.05, 0) is 84.2 Å². The minimum atomic E-state index is -3.34. The van der Waals surface area contributed by atoms with E-state index in [0.717, 1.165) is 42.2 Å². The molecule has 5 rings (SSSR count). The van der Waals surface area contributed by atoms with Gasteiger partial charge in [-0.2, -0.15) is 4.31 Å². The number of carbonyl (C=O) groups is 2. The van der Waals surface area contributed by atoms with E-state index in [2.05, 4.69) is 5.32 Å². The number of piperazine rings is 1. The summed E-state index contributed by atoms with van der Waals surface area (Å²) in [6.45, 7) is 0.967. The number of amides is 2. The molecule has 0 aromatic heterocycles. The first-order chi connectivity index (χ1) is 20.1. The molecule has 3 aromatic carbocycles. The minimum Gasteiger partial charge on any atom is -0.340 e. The maximum Gasteiger partial charge on any atom is 0.251 e. The molecule has 0 radical (unpaired) electrons. The zero-order chi connectivity index (χ0) is 29.9. The Hall–Kier alpha value is -3.63. The Morgan fingerprint density at radius 3 is 1.98 bits per heavy atom. The second kappa shape index (κ2) is 12.7. The Balaban J connectivity index is 1.22. The molecule has 1 heterocycles. The molecule has 2 aliphatic rings. The molecular formula is C32H35F2N3O4S. The number of carbonyl (C=O) groups excluding carboxylic acids is 2. The van der Waals surface area contributed by atoms with Crippen molar-refractivity contribution >= 4 is 21.8 Å². The molecule has 1 aliphatic heterocycles. The quantitative estimate of drug-likeness (QED) is 0.365. The first-order valence-corrected chi connectivity index (χ1v) is 16.1. The summed E-state index contributed by atoms with van der Waals surface area (Å²) in [5.41, 5.74) is 3.18. The number of halogens is 2. The summed E-state index contributed by atoms with van der Waals surface area (Å²) < 4.78 is 51.8. The third-order valence-corrected chi connectivity index (χ3v) is 9.54. The first kappa shape index (κ1) is 29.8. The Labute approximate surface area is 245 Å². The van der Waals surface area contributed by atoms with Gasteiger partial charge in [-0.3, -0.25) is 9.59 Å². The van der Waals surface area contributed by atoms with Crippen LogP contribution in [-0.2, 0) is 14.8 Å². The lowest BCUT2D eigenvalue weighted by atomic mass is 10.0. The lowest BCUT2D eigenvalue weighted by molar-refractivity contribution is -0.134. The van der Waals surface area contributed by atoms with Crippen molar-refractivity contribution in [3.8, 4) is 11.1 Å². The Bertz CT molecular complexity index is 1500. The highest BCUT2D eigenvalue weighted by Crippen LogP contribution is 2.50. The van der Waals surface area contributed by atoms with E-state index >= 15 is 0 Å². The molecule has 2 fully saturated rings. The van der Waals surface area contributed by atoms with Crippen LogP contribution in [0.15, 0.2) is 72.8 Å². The van der Waals surface area contributed by atoms with Crippen molar-refractivity contribution in [1.82, 2.24) is 14.5 Å². The number of nitrogens with one attached hydrogen (secondary N) is 1. The monoisotopic (exact) mass is 595 g/mol. The van der Waals surface area contributed by atoms with E-state index in [-0.39, 0.29) is 49.6 Å². The summed E-state index contributed by atoms with van der Waals surface area (Å²) in [5.74, 6) is -0.321. The zero-order valence-electron chi connectivity index (χ0n) is 23.5. The van der Waals surface area contributed by atoms with Gasteiger partial charge >= 0.3 is 0 Å². The van der Waals surface area contributed by atoms with Gasteiger partial charge in [-0.1, -0.05) is 42.8 Å². The molecule has 0 bridgehead atoms. The number of hydrogen-bond acceptors (Lipinski definition) is 4. The van der Waals surface area contributed by atoms with Gasteiger partial charge < -0.3 is 10.2 Å². The van der Waals surface area contributed by atoms with Crippen molar-refractivity contribution in [3.63, 3.8) is 0 Å². The molecule has 3 aromatic rings. The Morgan fingerprint density at radius 2 is 1.40 bits per heavy atom. The Kier molecular flexibility index (Phi) is 9.03. The van der Waals surface area contributed by atoms with Gasteiger partial charge in [0.05, 0.1) is 6.26 Å². The minimum absolute atomic E-state index is 0.217. The van der Waals surface area contributed by atoms with Crippen molar-refractivity contribution in [2.45, 2.75) is 37.6 Å². The highest BCUT2D eigenvalue weighted by molar-refractivity contribution is 7.88. The SMILES string of the molecule is CS(=O)(=O)N1CCN(C(=O)[C@H](CCC[C@@H]2C[C@H]2c2ccc(F)cc2)NC(=O)c2ccc(-c3ccc(F)cc3)cc2)CC1. The van der Waals surface area contributed by atoms with E-state index in [1.165, 1.54) is 28.6 Å². The van der Waals surface area contributed by atoms with Crippen LogP contribution in [-0.4, -0.2) is 67.9 Å². The summed E-state index contributed by atoms with van der Waals surface area (Å²) in [6.07, 6.45) is 4.25. The molecule has 0 unspecified atom stereocenters. The van der Waals surface area contributed by atoms with Gasteiger partial charge in [0.1, 0.15) is 17.7 Å². The van der Waals surface area contributed by atoms with E-state index in [9.17, 15) is 26.8 Å². The van der Waals surface area contributed by atoms with Crippen LogP contribution in [0.5, 0.6) is 0 Å². The van der Waals surface area contributed by atoms with E-state index in [4.69, 9.17) is 0 Å². The van der Waals surface area contributed by atoms with Gasteiger partial charge in [0.15, 0.2) is 0 Å². The van der Waals surface area contributed by atoms with Crippen molar-refractivity contribution < 1.29 is 26.8 Å². The van der Waals surface area contributed by atoms with Gasteiger partial charge in [-0.25, -0.2) is 17.2 Å². The van der Waals surface area contributed by atoms with Gasteiger partial charge in [0.25, 0.3) is 5.91 Å². The largest absolute Gasteiger partial charge is 0.340 e. The average molecular weight is 596 g/mol. The molecule has 1 saturated carbocycles. The molecule has 1 N–H and O–H groups in total. The molecule has 0 spiro atoms. The molecule has 222 valence electrons. The van der Waals surface area contributed by atoms with Crippen molar-refractivity contribution in [2.24, 2.45) is 5.92 Å². The van der Waals surface area contributed by atoms with Crippen molar-refractivity contribution in [1.29, 1.82) is 0 Å². The predicted molar refractivity (Wildman–Crippen MR) is 157 cm³/mol. The molecule has 1 aliphatic carbocycles. The summed E-state index contributed by atoms with van der Waals surface area (Å²) in [5, 5.41) is 2.93. The highest BCUT2D eigenvalue weighted by atomic mass is 32.2. The van der Waals surface area contributed by atoms with Crippen LogP contribution >= 0.6 is 0 Å². The lowest BCUT2D eigenvalue weighted by Crippen LogP contribution is -2.55. The summed E-state index contributed by atoms with van der Waals surface area (Å²) >= 11 is 0. The van der Waals surface area contributed by atoms with Gasteiger partial charge in [0, 0.05) is 31.7 Å². The highest BCUT2D eigenvalue weighted by Gasteiger charge is 2.38. The number of rotatable bonds is 10. The smallest absolute Gasteiger partial charge is 0.251 e. The third-order valence-electron chi connectivity index (χ3n) is 8.24. The predicted octanol–water partition coefficient (Wildman–Crippen LogP) is 4.81. The molecule has 7 nitrogen and oxygen atoms in total. The second-order valence-electron chi connectivity index (χ2n) is 11.2. The van der Waals surface area contributed by atoms with Gasteiger partial charge in [-0.15, -0.1) is 0 Å². The number of hydrogen-bond donors (Lipinski definition) is 1. The first-order valence-electron chi connectivity index (χ1n) is 14.2. The van der Waals surface area contributed by atoms with Crippen LogP contribution in [0, 0.1) is 17.6 Å². The molecular weight excluding hydrogens is 560 g/mol. The summed E-state index contributed by atoms with van der Waals surface area (Å²) in [7, 11) is -3.34. The van der Waals surface area contributed by atoms with E-state index in [1.807, 2.05) is 12.1 Å². The zero-order valence-corrected chi connectivity index (χ0v) is 24.3.